The van der Waals surface area contributed by atoms with Crippen LogP contribution in [-0.4, -0.2) is 12.0 Å². The fourth-order valence-corrected chi connectivity index (χ4v) is 2.94. The van der Waals surface area contributed by atoms with Crippen molar-refractivity contribution < 1.29 is 18.0 Å². The number of hydrogen-bond acceptors (Lipinski definition) is 2. The van der Waals surface area contributed by atoms with Crippen LogP contribution in [0.2, 0.25) is 0 Å². The van der Waals surface area contributed by atoms with E-state index in [9.17, 15) is 18.0 Å². The highest BCUT2D eigenvalue weighted by Gasteiger charge is 2.40. The van der Waals surface area contributed by atoms with Gasteiger partial charge in [-0.15, -0.1) is 11.3 Å². The second-order valence-electron chi connectivity index (χ2n) is 3.09. The van der Waals surface area contributed by atoms with Crippen molar-refractivity contribution in [3.05, 3.63) is 33.6 Å². The summed E-state index contributed by atoms with van der Waals surface area (Å²) in [5, 5.41) is 0.625. The maximum atomic E-state index is 12.2. The molecule has 0 aliphatic carbocycles. The van der Waals surface area contributed by atoms with Gasteiger partial charge in [0.25, 0.3) is 5.78 Å². The van der Waals surface area contributed by atoms with Gasteiger partial charge >= 0.3 is 6.18 Å². The molecule has 0 aliphatic rings. The number of carbonyl (C=O) groups is 1. The first kappa shape index (κ1) is 11.6. The molecule has 1 aromatic heterocycles. The summed E-state index contributed by atoms with van der Waals surface area (Å²) < 4.78 is 38.0. The van der Waals surface area contributed by atoms with E-state index in [1.54, 1.807) is 18.2 Å². The Morgan fingerprint density at radius 1 is 1.31 bits per heavy atom. The van der Waals surface area contributed by atoms with E-state index in [1.807, 2.05) is 0 Å². The molecule has 1 heterocycles. The second-order valence-corrected chi connectivity index (χ2v) is 5.03. The van der Waals surface area contributed by atoms with Gasteiger partial charge in [-0.3, -0.25) is 4.79 Å². The topological polar surface area (TPSA) is 17.1 Å². The molecular weight excluding hydrogens is 305 g/mol. The summed E-state index contributed by atoms with van der Waals surface area (Å²) in [6.45, 7) is 0. The van der Waals surface area contributed by atoms with Gasteiger partial charge < -0.3 is 0 Å². The average molecular weight is 309 g/mol. The number of Topliss-reactive ketones (excluding diaryl/α,β-unsaturated/α-hetero) is 1. The normalized spacial score (nSPS) is 12.0. The monoisotopic (exact) mass is 308 g/mol. The largest absolute Gasteiger partial charge is 0.455 e. The first-order valence-corrected chi connectivity index (χ1v) is 5.80. The van der Waals surface area contributed by atoms with Crippen LogP contribution in [0.3, 0.4) is 0 Å². The van der Waals surface area contributed by atoms with E-state index in [1.165, 1.54) is 6.07 Å². The van der Waals surface area contributed by atoms with Crippen LogP contribution in [0.4, 0.5) is 13.2 Å². The maximum Gasteiger partial charge on any atom is 0.455 e. The lowest BCUT2D eigenvalue weighted by molar-refractivity contribution is -0.0882. The Morgan fingerprint density at radius 2 is 2.00 bits per heavy atom. The van der Waals surface area contributed by atoms with Crippen LogP contribution in [0.5, 0.6) is 0 Å². The zero-order chi connectivity index (χ0) is 11.9. The van der Waals surface area contributed by atoms with Crippen molar-refractivity contribution in [3.63, 3.8) is 0 Å². The standard InChI is InChI=1S/C10H4BrF3OS/c11-6-2-1-3-7-5(6)4-8(16-7)9(15)10(12,13)14/h1-4H. The van der Waals surface area contributed by atoms with Crippen molar-refractivity contribution in [2.45, 2.75) is 6.18 Å². The first-order chi connectivity index (χ1) is 7.39. The first-order valence-electron chi connectivity index (χ1n) is 4.19. The van der Waals surface area contributed by atoms with Gasteiger partial charge in [0.2, 0.25) is 0 Å². The van der Waals surface area contributed by atoms with Gasteiger partial charge in [-0.05, 0) is 18.2 Å². The van der Waals surface area contributed by atoms with Gasteiger partial charge in [0.1, 0.15) is 0 Å². The Hall–Kier alpha value is -0.880. The summed E-state index contributed by atoms with van der Waals surface area (Å²) in [7, 11) is 0. The molecule has 0 unspecified atom stereocenters. The van der Waals surface area contributed by atoms with E-state index in [4.69, 9.17) is 0 Å². The van der Waals surface area contributed by atoms with Crippen molar-refractivity contribution in [2.75, 3.05) is 0 Å². The highest BCUT2D eigenvalue weighted by atomic mass is 79.9. The van der Waals surface area contributed by atoms with Gasteiger partial charge in [-0.1, -0.05) is 22.0 Å². The van der Waals surface area contributed by atoms with Crippen LogP contribution in [0.25, 0.3) is 10.1 Å². The summed E-state index contributed by atoms with van der Waals surface area (Å²) in [5.41, 5.74) is 0. The van der Waals surface area contributed by atoms with E-state index in [0.29, 0.717) is 14.6 Å². The summed E-state index contributed by atoms with van der Waals surface area (Å²) >= 11 is 4.07. The van der Waals surface area contributed by atoms with Crippen LogP contribution in [0.15, 0.2) is 28.7 Å². The van der Waals surface area contributed by atoms with Crippen LogP contribution in [0.1, 0.15) is 9.67 Å². The number of carbonyl (C=O) groups excluding carboxylic acids is 1. The summed E-state index contributed by atoms with van der Waals surface area (Å²) in [5.74, 6) is -1.79. The molecule has 0 bridgehead atoms. The molecule has 1 aromatic carbocycles. The van der Waals surface area contributed by atoms with Gasteiger partial charge in [-0.25, -0.2) is 0 Å². The Balaban J connectivity index is 2.56. The zero-order valence-corrected chi connectivity index (χ0v) is 10.0. The number of ketones is 1. The molecule has 84 valence electrons. The quantitative estimate of drug-likeness (QED) is 0.713. The van der Waals surface area contributed by atoms with Crippen LogP contribution < -0.4 is 0 Å². The number of fused-ring (bicyclic) bond motifs is 1. The molecule has 0 amide bonds. The van der Waals surface area contributed by atoms with Gasteiger partial charge in [0.15, 0.2) is 0 Å². The Morgan fingerprint density at radius 3 is 2.56 bits per heavy atom. The summed E-state index contributed by atoms with van der Waals surface area (Å²) in [6.07, 6.45) is -4.81. The average Bonchev–Trinajstić information content (AvgIpc) is 2.60. The molecule has 0 atom stereocenters. The van der Waals surface area contributed by atoms with Gasteiger partial charge in [0, 0.05) is 14.6 Å². The van der Waals surface area contributed by atoms with Crippen LogP contribution in [0, 0.1) is 0 Å². The molecule has 2 rings (SSSR count). The predicted octanol–water partition coefficient (Wildman–Crippen LogP) is 4.41. The van der Waals surface area contributed by atoms with Gasteiger partial charge in [0.05, 0.1) is 4.88 Å². The van der Waals surface area contributed by atoms with E-state index < -0.39 is 12.0 Å². The fourth-order valence-electron chi connectivity index (χ4n) is 1.28. The molecular formula is C10H4BrF3OS. The summed E-state index contributed by atoms with van der Waals surface area (Å²) in [4.78, 5) is 10.7. The van der Waals surface area contributed by atoms with E-state index in [-0.39, 0.29) is 4.88 Å². The number of hydrogen-bond donors (Lipinski definition) is 0. The molecule has 16 heavy (non-hydrogen) atoms. The minimum absolute atomic E-state index is 0.283. The minimum Gasteiger partial charge on any atom is -0.283 e. The molecule has 0 fully saturated rings. The molecule has 0 N–H and O–H groups in total. The van der Waals surface area contributed by atoms with Crippen LogP contribution >= 0.6 is 27.3 Å². The smallest absolute Gasteiger partial charge is 0.283 e. The molecule has 2 aromatic rings. The molecule has 0 spiro atoms. The number of alkyl halides is 3. The van der Waals surface area contributed by atoms with Crippen molar-refractivity contribution in [3.8, 4) is 0 Å². The highest BCUT2D eigenvalue weighted by molar-refractivity contribution is 9.10. The van der Waals surface area contributed by atoms with E-state index in [0.717, 1.165) is 11.3 Å². The predicted molar refractivity (Wildman–Crippen MR) is 59.9 cm³/mol. The highest BCUT2D eigenvalue weighted by Crippen LogP contribution is 2.34. The lowest BCUT2D eigenvalue weighted by atomic mass is 10.2. The number of thiophene rings is 1. The lowest BCUT2D eigenvalue weighted by Crippen LogP contribution is -2.21. The Kier molecular flexibility index (Phi) is 2.79. The van der Waals surface area contributed by atoms with Crippen molar-refractivity contribution in [1.29, 1.82) is 0 Å². The number of benzene rings is 1. The Labute approximate surface area is 101 Å². The third-order valence-corrected chi connectivity index (χ3v) is 3.78. The SMILES string of the molecule is O=C(c1cc2c(Br)cccc2s1)C(F)(F)F. The summed E-state index contributed by atoms with van der Waals surface area (Å²) in [6, 6.07) is 6.37. The minimum atomic E-state index is -4.81. The molecule has 0 saturated heterocycles. The Bertz CT molecular complexity index is 559. The molecule has 0 aliphatic heterocycles. The van der Waals surface area contributed by atoms with Crippen molar-refractivity contribution in [2.24, 2.45) is 0 Å². The lowest BCUT2D eigenvalue weighted by Gasteiger charge is -2.00. The molecule has 0 saturated carbocycles. The van der Waals surface area contributed by atoms with E-state index in [2.05, 4.69) is 15.9 Å². The third kappa shape index (κ3) is 1.99. The third-order valence-electron chi connectivity index (χ3n) is 1.99. The maximum absolute atomic E-state index is 12.2. The number of halogens is 4. The second kappa shape index (κ2) is 3.85. The van der Waals surface area contributed by atoms with Crippen LogP contribution in [-0.2, 0) is 0 Å². The van der Waals surface area contributed by atoms with Crippen molar-refractivity contribution in [1.82, 2.24) is 0 Å². The fraction of sp³-hybridized carbons (Fsp3) is 0.100. The zero-order valence-electron chi connectivity index (χ0n) is 7.64. The number of rotatable bonds is 1. The van der Waals surface area contributed by atoms with Crippen molar-refractivity contribution >= 4 is 43.1 Å². The molecule has 0 radical (unpaired) electrons. The molecule has 6 heteroatoms. The van der Waals surface area contributed by atoms with E-state index >= 15 is 0 Å². The van der Waals surface area contributed by atoms with Gasteiger partial charge in [-0.2, -0.15) is 13.2 Å². The molecule has 1 nitrogen and oxygen atoms in total.